The van der Waals surface area contributed by atoms with Gasteiger partial charge in [-0.25, -0.2) is 0 Å². The number of fused-ring (bicyclic) bond motifs is 1. The van der Waals surface area contributed by atoms with Crippen molar-refractivity contribution in [3.63, 3.8) is 0 Å². The number of hydrogen-bond acceptors (Lipinski definition) is 1. The summed E-state index contributed by atoms with van der Waals surface area (Å²) >= 11 is 6.07. The van der Waals surface area contributed by atoms with Crippen molar-refractivity contribution in [2.45, 2.75) is 13.3 Å². The summed E-state index contributed by atoms with van der Waals surface area (Å²) in [5.41, 5.74) is 6.43. The van der Waals surface area contributed by atoms with E-state index >= 15 is 0 Å². The first-order chi connectivity index (χ1) is 8.24. The van der Waals surface area contributed by atoms with Gasteiger partial charge in [-0.05, 0) is 59.9 Å². The Bertz CT molecular complexity index is 575. The molecular weight excluding hydrogens is 230 g/mol. The Kier molecular flexibility index (Phi) is 2.56. The molecule has 2 aromatic carbocycles. The highest BCUT2D eigenvalue weighted by Gasteiger charge is 2.11. The van der Waals surface area contributed by atoms with Crippen LogP contribution in [0.2, 0.25) is 5.02 Å². The van der Waals surface area contributed by atoms with E-state index in [1.165, 1.54) is 27.9 Å². The molecule has 2 heteroatoms. The van der Waals surface area contributed by atoms with E-state index in [1.54, 1.807) is 0 Å². The summed E-state index contributed by atoms with van der Waals surface area (Å²) in [5, 5.41) is 4.17. The van der Waals surface area contributed by atoms with Gasteiger partial charge in [0.1, 0.15) is 0 Å². The Morgan fingerprint density at radius 3 is 2.88 bits per heavy atom. The predicted octanol–water partition coefficient (Wildman–Crippen LogP) is 4.28. The molecule has 1 heterocycles. The minimum absolute atomic E-state index is 0.796. The summed E-state index contributed by atoms with van der Waals surface area (Å²) in [5.74, 6) is 0. The van der Waals surface area contributed by atoms with E-state index in [4.69, 9.17) is 11.6 Å². The summed E-state index contributed by atoms with van der Waals surface area (Å²) in [7, 11) is 0. The van der Waals surface area contributed by atoms with E-state index < -0.39 is 0 Å². The Morgan fingerprint density at radius 1 is 1.12 bits per heavy atom. The fourth-order valence-corrected chi connectivity index (χ4v) is 2.55. The van der Waals surface area contributed by atoms with E-state index in [0.29, 0.717) is 0 Å². The molecule has 0 aromatic heterocycles. The van der Waals surface area contributed by atoms with Crippen molar-refractivity contribution < 1.29 is 0 Å². The first-order valence-corrected chi connectivity index (χ1v) is 6.25. The lowest BCUT2D eigenvalue weighted by molar-refractivity contribution is 1.11. The highest BCUT2D eigenvalue weighted by Crippen LogP contribution is 2.31. The molecule has 0 aliphatic carbocycles. The van der Waals surface area contributed by atoms with E-state index in [-0.39, 0.29) is 0 Å². The predicted molar refractivity (Wildman–Crippen MR) is 73.8 cm³/mol. The van der Waals surface area contributed by atoms with Crippen LogP contribution in [-0.2, 0) is 6.42 Å². The molecule has 0 spiro atoms. The van der Waals surface area contributed by atoms with Crippen molar-refractivity contribution >= 4 is 17.3 Å². The van der Waals surface area contributed by atoms with Crippen molar-refractivity contribution in [2.75, 3.05) is 11.9 Å². The minimum atomic E-state index is 0.796. The second-order valence-corrected chi connectivity index (χ2v) is 4.94. The lowest BCUT2D eigenvalue weighted by Crippen LogP contribution is -1.90. The van der Waals surface area contributed by atoms with Crippen LogP contribution in [-0.4, -0.2) is 6.54 Å². The zero-order valence-corrected chi connectivity index (χ0v) is 10.5. The van der Waals surface area contributed by atoms with Gasteiger partial charge in [-0.1, -0.05) is 23.7 Å². The van der Waals surface area contributed by atoms with Crippen molar-refractivity contribution in [3.05, 3.63) is 52.5 Å². The molecule has 1 nitrogen and oxygen atoms in total. The van der Waals surface area contributed by atoms with Crippen LogP contribution in [0.5, 0.6) is 0 Å². The first-order valence-electron chi connectivity index (χ1n) is 5.87. The van der Waals surface area contributed by atoms with Gasteiger partial charge in [0.25, 0.3) is 0 Å². The Hall–Kier alpha value is -1.47. The molecular formula is C15H14ClN. The number of halogens is 1. The zero-order chi connectivity index (χ0) is 11.8. The van der Waals surface area contributed by atoms with Gasteiger partial charge >= 0.3 is 0 Å². The maximum atomic E-state index is 6.07. The number of benzene rings is 2. The highest BCUT2D eigenvalue weighted by atomic mass is 35.5. The number of rotatable bonds is 1. The normalized spacial score (nSPS) is 13.3. The lowest BCUT2D eigenvalue weighted by Gasteiger charge is -2.08. The molecule has 2 aromatic rings. The highest BCUT2D eigenvalue weighted by molar-refractivity contribution is 6.30. The maximum absolute atomic E-state index is 6.07. The molecule has 0 unspecified atom stereocenters. The van der Waals surface area contributed by atoms with Gasteiger partial charge in [0, 0.05) is 17.3 Å². The summed E-state index contributed by atoms with van der Waals surface area (Å²) in [6, 6.07) is 12.7. The zero-order valence-electron chi connectivity index (χ0n) is 9.76. The van der Waals surface area contributed by atoms with E-state index in [2.05, 4.69) is 36.5 Å². The molecule has 1 N–H and O–H groups in total. The molecule has 0 atom stereocenters. The largest absolute Gasteiger partial charge is 0.384 e. The monoisotopic (exact) mass is 243 g/mol. The average Bonchev–Trinajstić information content (AvgIpc) is 2.79. The third-order valence-electron chi connectivity index (χ3n) is 3.33. The molecule has 86 valence electrons. The van der Waals surface area contributed by atoms with E-state index in [0.717, 1.165) is 18.0 Å². The number of aryl methyl sites for hydroxylation is 1. The lowest BCUT2D eigenvalue weighted by atomic mass is 9.98. The fraction of sp³-hybridized carbons (Fsp3) is 0.200. The third kappa shape index (κ3) is 1.91. The Morgan fingerprint density at radius 2 is 2.00 bits per heavy atom. The van der Waals surface area contributed by atoms with Crippen LogP contribution in [0, 0.1) is 6.92 Å². The van der Waals surface area contributed by atoms with Gasteiger partial charge in [0.2, 0.25) is 0 Å². The van der Waals surface area contributed by atoms with E-state index in [9.17, 15) is 0 Å². The maximum Gasteiger partial charge on any atom is 0.0412 e. The van der Waals surface area contributed by atoms with Gasteiger partial charge < -0.3 is 5.32 Å². The summed E-state index contributed by atoms with van der Waals surface area (Å²) in [6.45, 7) is 3.17. The standard InChI is InChI=1S/C15H14ClN/c1-10-2-4-13(16)9-14(10)11-3-5-15-12(8-11)6-7-17-15/h2-5,8-9,17H,6-7H2,1H3. The van der Waals surface area contributed by atoms with Crippen molar-refractivity contribution in [2.24, 2.45) is 0 Å². The van der Waals surface area contributed by atoms with Crippen LogP contribution in [0.4, 0.5) is 5.69 Å². The summed E-state index contributed by atoms with van der Waals surface area (Å²) in [4.78, 5) is 0. The second-order valence-electron chi connectivity index (χ2n) is 4.51. The van der Waals surface area contributed by atoms with Crippen molar-refractivity contribution in [1.29, 1.82) is 0 Å². The molecule has 1 aliphatic heterocycles. The molecule has 0 fully saturated rings. The SMILES string of the molecule is Cc1ccc(Cl)cc1-c1ccc2c(c1)CCN2. The molecule has 17 heavy (non-hydrogen) atoms. The molecule has 0 saturated heterocycles. The van der Waals surface area contributed by atoms with Gasteiger partial charge in [-0.2, -0.15) is 0 Å². The molecule has 0 saturated carbocycles. The Balaban J connectivity index is 2.12. The van der Waals surface area contributed by atoms with Gasteiger partial charge in [-0.15, -0.1) is 0 Å². The van der Waals surface area contributed by atoms with Crippen LogP contribution in [0.15, 0.2) is 36.4 Å². The van der Waals surface area contributed by atoms with Crippen molar-refractivity contribution in [1.82, 2.24) is 0 Å². The fourth-order valence-electron chi connectivity index (χ4n) is 2.38. The number of anilines is 1. The Labute approximate surface area is 106 Å². The third-order valence-corrected chi connectivity index (χ3v) is 3.56. The van der Waals surface area contributed by atoms with Crippen LogP contribution in [0.25, 0.3) is 11.1 Å². The minimum Gasteiger partial charge on any atom is -0.384 e. The smallest absolute Gasteiger partial charge is 0.0412 e. The van der Waals surface area contributed by atoms with Crippen LogP contribution >= 0.6 is 11.6 Å². The molecule has 1 aliphatic rings. The van der Waals surface area contributed by atoms with Gasteiger partial charge in [-0.3, -0.25) is 0 Å². The number of nitrogens with one attached hydrogen (secondary N) is 1. The van der Waals surface area contributed by atoms with E-state index in [1.807, 2.05) is 12.1 Å². The molecule has 0 radical (unpaired) electrons. The van der Waals surface area contributed by atoms with Gasteiger partial charge in [0.05, 0.1) is 0 Å². The molecule has 0 amide bonds. The molecule has 3 rings (SSSR count). The second kappa shape index (κ2) is 4.08. The summed E-state index contributed by atoms with van der Waals surface area (Å²) in [6.07, 6.45) is 1.11. The number of hydrogen-bond donors (Lipinski definition) is 1. The van der Waals surface area contributed by atoms with Gasteiger partial charge in [0.15, 0.2) is 0 Å². The topological polar surface area (TPSA) is 12.0 Å². The van der Waals surface area contributed by atoms with Crippen LogP contribution in [0.1, 0.15) is 11.1 Å². The average molecular weight is 244 g/mol. The van der Waals surface area contributed by atoms with Crippen molar-refractivity contribution in [3.8, 4) is 11.1 Å². The first kappa shape index (κ1) is 10.7. The molecule has 0 bridgehead atoms. The van der Waals surface area contributed by atoms with Crippen LogP contribution in [0.3, 0.4) is 0 Å². The summed E-state index contributed by atoms with van der Waals surface area (Å²) < 4.78 is 0. The quantitative estimate of drug-likeness (QED) is 0.788. The van der Waals surface area contributed by atoms with Crippen LogP contribution < -0.4 is 5.32 Å².